The van der Waals surface area contributed by atoms with Crippen molar-refractivity contribution in [3.8, 4) is 11.5 Å². The first kappa shape index (κ1) is 11.2. The number of para-hydroxylation sites is 2. The van der Waals surface area contributed by atoms with E-state index >= 15 is 0 Å². The molecule has 1 atom stereocenters. The molecule has 3 nitrogen and oxygen atoms in total. The number of hydrogen-bond donors (Lipinski definition) is 0. The summed E-state index contributed by atoms with van der Waals surface area (Å²) in [6.45, 7) is 1.65. The number of methoxy groups -OCH3 is 1. The lowest BCUT2D eigenvalue weighted by Gasteiger charge is -2.16. The van der Waals surface area contributed by atoms with Crippen molar-refractivity contribution in [2.45, 2.75) is 12.6 Å². The van der Waals surface area contributed by atoms with Gasteiger partial charge in [0.15, 0.2) is 11.5 Å². The molecule has 1 saturated heterocycles. The predicted octanol–water partition coefficient (Wildman–Crippen LogP) is 2.08. The minimum absolute atomic E-state index is 0.417. The molecule has 1 unspecified atom stereocenters. The van der Waals surface area contributed by atoms with E-state index in [4.69, 9.17) is 9.47 Å². The van der Waals surface area contributed by atoms with E-state index in [9.17, 15) is 4.39 Å². The smallest absolute Gasteiger partial charge is 0.163 e. The summed E-state index contributed by atoms with van der Waals surface area (Å²) in [6.07, 6.45) is -0.101. The average molecular weight is 225 g/mol. The van der Waals surface area contributed by atoms with E-state index < -0.39 is 6.17 Å². The van der Waals surface area contributed by atoms with Gasteiger partial charge in [-0.05, 0) is 18.6 Å². The fraction of sp³-hybridized carbons (Fsp3) is 0.500. The van der Waals surface area contributed by atoms with Crippen molar-refractivity contribution in [1.82, 2.24) is 4.90 Å². The van der Waals surface area contributed by atoms with Crippen molar-refractivity contribution < 1.29 is 13.9 Å². The summed E-state index contributed by atoms with van der Waals surface area (Å²) < 4.78 is 23.7. The fourth-order valence-corrected chi connectivity index (χ4v) is 1.80. The number of ether oxygens (including phenoxy) is 2. The summed E-state index contributed by atoms with van der Waals surface area (Å²) in [7, 11) is 1.61. The third-order valence-electron chi connectivity index (χ3n) is 2.69. The van der Waals surface area contributed by atoms with Crippen LogP contribution in [-0.4, -0.2) is 38.0 Å². The molecule has 4 heteroatoms. The molecule has 0 radical (unpaired) electrons. The van der Waals surface area contributed by atoms with Crippen LogP contribution in [0.25, 0.3) is 0 Å². The summed E-state index contributed by atoms with van der Waals surface area (Å²) in [4.78, 5) is 1.96. The van der Waals surface area contributed by atoms with Crippen LogP contribution in [0.2, 0.25) is 0 Å². The Labute approximate surface area is 94.8 Å². The third kappa shape index (κ3) is 2.64. The molecule has 1 aliphatic heterocycles. The van der Waals surface area contributed by atoms with Crippen LogP contribution < -0.4 is 9.47 Å². The molecule has 1 aromatic carbocycles. The molecule has 0 amide bonds. The topological polar surface area (TPSA) is 21.7 Å². The SMILES string of the molecule is COc1ccccc1OCN1CCC(F)C1. The van der Waals surface area contributed by atoms with E-state index in [0.717, 1.165) is 6.54 Å². The number of benzene rings is 1. The molecule has 1 aromatic rings. The standard InChI is InChI=1S/C12H16FNO2/c1-15-11-4-2-3-5-12(11)16-9-14-7-6-10(13)8-14/h2-5,10H,6-9H2,1H3. The van der Waals surface area contributed by atoms with Gasteiger partial charge < -0.3 is 9.47 Å². The average Bonchev–Trinajstić information content (AvgIpc) is 2.73. The van der Waals surface area contributed by atoms with E-state index in [1.54, 1.807) is 7.11 Å². The molecular formula is C12H16FNO2. The van der Waals surface area contributed by atoms with Gasteiger partial charge in [-0.15, -0.1) is 0 Å². The molecule has 88 valence electrons. The normalized spacial score (nSPS) is 21.0. The Morgan fingerprint density at radius 3 is 2.75 bits per heavy atom. The van der Waals surface area contributed by atoms with Gasteiger partial charge in [-0.25, -0.2) is 4.39 Å². The zero-order chi connectivity index (χ0) is 11.4. The first-order valence-electron chi connectivity index (χ1n) is 5.42. The molecule has 1 fully saturated rings. The highest BCUT2D eigenvalue weighted by atomic mass is 19.1. The van der Waals surface area contributed by atoms with Crippen LogP contribution in [0.4, 0.5) is 4.39 Å². The second-order valence-corrected chi connectivity index (χ2v) is 3.89. The van der Waals surface area contributed by atoms with Crippen molar-refractivity contribution in [3.05, 3.63) is 24.3 Å². The third-order valence-corrected chi connectivity index (χ3v) is 2.69. The van der Waals surface area contributed by atoms with E-state index in [1.807, 2.05) is 29.2 Å². The maximum atomic E-state index is 12.9. The monoisotopic (exact) mass is 225 g/mol. The second-order valence-electron chi connectivity index (χ2n) is 3.89. The molecule has 0 N–H and O–H groups in total. The Morgan fingerprint density at radius 2 is 2.12 bits per heavy atom. The lowest BCUT2D eigenvalue weighted by atomic mass is 10.3. The van der Waals surface area contributed by atoms with Crippen molar-refractivity contribution >= 4 is 0 Å². The quantitative estimate of drug-likeness (QED) is 0.783. The van der Waals surface area contributed by atoms with Crippen LogP contribution in [-0.2, 0) is 0 Å². The highest BCUT2D eigenvalue weighted by Gasteiger charge is 2.21. The van der Waals surface area contributed by atoms with Gasteiger partial charge in [-0.3, -0.25) is 4.90 Å². The van der Waals surface area contributed by atoms with Gasteiger partial charge in [0, 0.05) is 13.1 Å². The predicted molar refractivity (Wildman–Crippen MR) is 59.6 cm³/mol. The van der Waals surface area contributed by atoms with Gasteiger partial charge in [-0.2, -0.15) is 0 Å². The molecule has 16 heavy (non-hydrogen) atoms. The van der Waals surface area contributed by atoms with E-state index in [1.165, 1.54) is 0 Å². The van der Waals surface area contributed by atoms with Crippen LogP contribution in [0.15, 0.2) is 24.3 Å². The van der Waals surface area contributed by atoms with Crippen molar-refractivity contribution in [1.29, 1.82) is 0 Å². The Morgan fingerprint density at radius 1 is 1.38 bits per heavy atom. The molecule has 0 aromatic heterocycles. The highest BCUT2D eigenvalue weighted by Crippen LogP contribution is 2.26. The van der Waals surface area contributed by atoms with Crippen LogP contribution in [0, 0.1) is 0 Å². The largest absolute Gasteiger partial charge is 0.493 e. The van der Waals surface area contributed by atoms with E-state index in [-0.39, 0.29) is 0 Å². The lowest BCUT2D eigenvalue weighted by molar-refractivity contribution is 0.139. The molecule has 2 rings (SSSR count). The number of rotatable bonds is 4. The lowest BCUT2D eigenvalue weighted by Crippen LogP contribution is -2.26. The summed E-state index contributed by atoms with van der Waals surface area (Å²) in [5, 5.41) is 0. The first-order valence-corrected chi connectivity index (χ1v) is 5.42. The summed E-state index contributed by atoms with van der Waals surface area (Å²) in [5.41, 5.74) is 0. The molecule has 0 saturated carbocycles. The number of halogens is 1. The summed E-state index contributed by atoms with van der Waals surface area (Å²) >= 11 is 0. The van der Waals surface area contributed by atoms with Gasteiger partial charge in [-0.1, -0.05) is 12.1 Å². The molecule has 0 aliphatic carbocycles. The number of likely N-dealkylation sites (tertiary alicyclic amines) is 1. The van der Waals surface area contributed by atoms with Crippen molar-refractivity contribution in [2.75, 3.05) is 26.9 Å². The van der Waals surface area contributed by atoms with Gasteiger partial charge in [0.05, 0.1) is 7.11 Å². The minimum Gasteiger partial charge on any atom is -0.493 e. The van der Waals surface area contributed by atoms with Crippen molar-refractivity contribution in [2.24, 2.45) is 0 Å². The van der Waals surface area contributed by atoms with E-state index in [0.29, 0.717) is 31.2 Å². The number of nitrogens with zero attached hydrogens (tertiary/aromatic N) is 1. The Bertz CT molecular complexity index is 346. The zero-order valence-electron chi connectivity index (χ0n) is 9.36. The molecule has 0 spiro atoms. The highest BCUT2D eigenvalue weighted by molar-refractivity contribution is 5.39. The van der Waals surface area contributed by atoms with E-state index in [2.05, 4.69) is 0 Å². The summed E-state index contributed by atoms with van der Waals surface area (Å²) in [6, 6.07) is 7.47. The van der Waals surface area contributed by atoms with Gasteiger partial charge in [0.25, 0.3) is 0 Å². The minimum atomic E-state index is -0.707. The van der Waals surface area contributed by atoms with Gasteiger partial charge in [0.2, 0.25) is 0 Å². The first-order chi connectivity index (χ1) is 7.79. The zero-order valence-corrected chi connectivity index (χ0v) is 9.36. The van der Waals surface area contributed by atoms with Crippen LogP contribution in [0.5, 0.6) is 11.5 Å². The number of alkyl halides is 1. The summed E-state index contributed by atoms with van der Waals surface area (Å²) in [5.74, 6) is 1.41. The maximum Gasteiger partial charge on any atom is 0.163 e. The van der Waals surface area contributed by atoms with Crippen LogP contribution in [0.3, 0.4) is 0 Å². The van der Waals surface area contributed by atoms with Gasteiger partial charge >= 0.3 is 0 Å². The molecule has 0 bridgehead atoms. The molecular weight excluding hydrogens is 209 g/mol. The molecule has 1 aliphatic rings. The van der Waals surface area contributed by atoms with Crippen LogP contribution in [0.1, 0.15) is 6.42 Å². The maximum absolute atomic E-state index is 12.9. The Hall–Kier alpha value is -1.29. The fourth-order valence-electron chi connectivity index (χ4n) is 1.80. The number of hydrogen-bond acceptors (Lipinski definition) is 3. The Balaban J connectivity index is 1.89. The van der Waals surface area contributed by atoms with Gasteiger partial charge in [0.1, 0.15) is 12.9 Å². The Kier molecular flexibility index (Phi) is 3.62. The van der Waals surface area contributed by atoms with Crippen LogP contribution >= 0.6 is 0 Å². The van der Waals surface area contributed by atoms with Crippen molar-refractivity contribution in [3.63, 3.8) is 0 Å². The molecule has 1 heterocycles. The second kappa shape index (κ2) is 5.16.